The van der Waals surface area contributed by atoms with Gasteiger partial charge in [-0.25, -0.2) is 9.97 Å². The van der Waals surface area contributed by atoms with Crippen molar-refractivity contribution >= 4 is 11.6 Å². The molecule has 1 aliphatic rings. The predicted molar refractivity (Wildman–Crippen MR) is 83.6 cm³/mol. The quantitative estimate of drug-likeness (QED) is 0.840. The fourth-order valence-electron chi connectivity index (χ4n) is 2.52. The Balaban J connectivity index is 2.07. The van der Waals surface area contributed by atoms with Gasteiger partial charge in [0.05, 0.1) is 5.60 Å². The Morgan fingerprint density at radius 3 is 2.81 bits per heavy atom. The zero-order chi connectivity index (χ0) is 15.3. The Morgan fingerprint density at radius 2 is 2.14 bits per heavy atom. The number of aromatic nitrogens is 2. The standard InChI is InChI=1S/C15H26N4O2/c1-5-20-10-14-18-12(16-4)8-13(19-14)17-11-6-7-21-15(2,3)9-11/h8,11H,5-7,9-10H2,1-4H3,(H2,16,17,18,19). The van der Waals surface area contributed by atoms with Crippen LogP contribution in [0, 0.1) is 0 Å². The van der Waals surface area contributed by atoms with Gasteiger partial charge in [-0.2, -0.15) is 0 Å². The summed E-state index contributed by atoms with van der Waals surface area (Å²) in [5.74, 6) is 2.33. The predicted octanol–water partition coefficient (Wildman–Crippen LogP) is 2.42. The summed E-state index contributed by atoms with van der Waals surface area (Å²) >= 11 is 0. The number of nitrogens with one attached hydrogen (secondary N) is 2. The smallest absolute Gasteiger partial charge is 0.158 e. The highest BCUT2D eigenvalue weighted by atomic mass is 16.5. The van der Waals surface area contributed by atoms with Crippen LogP contribution < -0.4 is 10.6 Å². The maximum Gasteiger partial charge on any atom is 0.158 e. The van der Waals surface area contributed by atoms with Crippen molar-refractivity contribution < 1.29 is 9.47 Å². The average Bonchev–Trinajstić information content (AvgIpc) is 2.43. The van der Waals surface area contributed by atoms with Gasteiger partial charge in [0, 0.05) is 32.4 Å². The Kier molecular flexibility index (Phi) is 5.36. The molecule has 0 saturated carbocycles. The second-order valence-electron chi connectivity index (χ2n) is 5.88. The minimum Gasteiger partial charge on any atom is -0.375 e. The lowest BCUT2D eigenvalue weighted by atomic mass is 9.94. The van der Waals surface area contributed by atoms with Crippen LogP contribution in [-0.4, -0.2) is 41.9 Å². The molecule has 0 aromatic carbocycles. The number of hydrogen-bond donors (Lipinski definition) is 2. The molecule has 1 unspecified atom stereocenters. The van der Waals surface area contributed by atoms with Crippen molar-refractivity contribution in [3.8, 4) is 0 Å². The third-order valence-electron chi connectivity index (χ3n) is 3.51. The van der Waals surface area contributed by atoms with E-state index in [1.807, 2.05) is 20.0 Å². The second kappa shape index (κ2) is 7.04. The first kappa shape index (κ1) is 16.0. The van der Waals surface area contributed by atoms with E-state index in [2.05, 4.69) is 34.4 Å². The third kappa shape index (κ3) is 4.82. The minimum absolute atomic E-state index is 0.0804. The third-order valence-corrected chi connectivity index (χ3v) is 3.51. The molecule has 1 atom stereocenters. The topological polar surface area (TPSA) is 68.3 Å². The van der Waals surface area contributed by atoms with Gasteiger partial charge in [-0.15, -0.1) is 0 Å². The van der Waals surface area contributed by atoms with Crippen LogP contribution in [-0.2, 0) is 16.1 Å². The normalized spacial score (nSPS) is 21.0. The van der Waals surface area contributed by atoms with E-state index in [0.717, 1.165) is 31.1 Å². The van der Waals surface area contributed by atoms with Gasteiger partial charge >= 0.3 is 0 Å². The first-order chi connectivity index (χ1) is 10.0. The van der Waals surface area contributed by atoms with Gasteiger partial charge in [0.25, 0.3) is 0 Å². The molecule has 1 saturated heterocycles. The number of anilines is 2. The summed E-state index contributed by atoms with van der Waals surface area (Å²) < 4.78 is 11.1. The molecule has 2 heterocycles. The molecular formula is C15H26N4O2. The van der Waals surface area contributed by atoms with Gasteiger partial charge in [-0.3, -0.25) is 0 Å². The van der Waals surface area contributed by atoms with Crippen LogP contribution in [0.2, 0.25) is 0 Å². The summed E-state index contributed by atoms with van der Waals surface area (Å²) in [5, 5.41) is 6.57. The average molecular weight is 294 g/mol. The molecule has 1 aliphatic heterocycles. The maximum atomic E-state index is 5.75. The summed E-state index contributed by atoms with van der Waals surface area (Å²) in [7, 11) is 1.86. The van der Waals surface area contributed by atoms with Gasteiger partial charge in [-0.05, 0) is 33.6 Å². The van der Waals surface area contributed by atoms with Gasteiger partial charge < -0.3 is 20.1 Å². The van der Waals surface area contributed by atoms with Gasteiger partial charge in [0.2, 0.25) is 0 Å². The van der Waals surface area contributed by atoms with E-state index in [0.29, 0.717) is 25.1 Å². The second-order valence-corrected chi connectivity index (χ2v) is 5.88. The maximum absolute atomic E-state index is 5.75. The van der Waals surface area contributed by atoms with E-state index in [9.17, 15) is 0 Å². The van der Waals surface area contributed by atoms with Crippen LogP contribution in [0.3, 0.4) is 0 Å². The SMILES string of the molecule is CCOCc1nc(NC)cc(NC2CCOC(C)(C)C2)n1. The summed E-state index contributed by atoms with van der Waals surface area (Å²) in [5.41, 5.74) is -0.0804. The molecule has 2 rings (SSSR count). The molecular weight excluding hydrogens is 268 g/mol. The summed E-state index contributed by atoms with van der Waals surface area (Å²) in [6.07, 6.45) is 1.95. The van der Waals surface area contributed by atoms with Gasteiger partial charge in [0.1, 0.15) is 18.2 Å². The highest BCUT2D eigenvalue weighted by molar-refractivity contribution is 5.47. The zero-order valence-corrected chi connectivity index (χ0v) is 13.4. The van der Waals surface area contributed by atoms with Crippen molar-refractivity contribution in [1.82, 2.24) is 9.97 Å². The first-order valence-corrected chi connectivity index (χ1v) is 7.56. The fraction of sp³-hybridized carbons (Fsp3) is 0.733. The van der Waals surface area contributed by atoms with E-state index in [4.69, 9.17) is 9.47 Å². The van der Waals surface area contributed by atoms with Gasteiger partial charge in [-0.1, -0.05) is 0 Å². The molecule has 1 aromatic rings. The van der Waals surface area contributed by atoms with Crippen LogP contribution in [0.5, 0.6) is 0 Å². The van der Waals surface area contributed by atoms with Crippen molar-refractivity contribution in [2.75, 3.05) is 30.9 Å². The molecule has 6 heteroatoms. The van der Waals surface area contributed by atoms with Crippen molar-refractivity contribution in [2.24, 2.45) is 0 Å². The van der Waals surface area contributed by atoms with E-state index >= 15 is 0 Å². The molecule has 6 nitrogen and oxygen atoms in total. The van der Waals surface area contributed by atoms with Crippen LogP contribution in [0.4, 0.5) is 11.6 Å². The van der Waals surface area contributed by atoms with Crippen LogP contribution in [0.1, 0.15) is 39.4 Å². The number of nitrogens with zero attached hydrogens (tertiary/aromatic N) is 2. The number of rotatable bonds is 6. The van der Waals surface area contributed by atoms with Crippen molar-refractivity contribution in [1.29, 1.82) is 0 Å². The molecule has 0 amide bonds. The Bertz CT molecular complexity index is 465. The summed E-state index contributed by atoms with van der Waals surface area (Å²) in [4.78, 5) is 8.93. The van der Waals surface area contributed by atoms with E-state index in [-0.39, 0.29) is 5.60 Å². The molecule has 0 aliphatic carbocycles. The van der Waals surface area contributed by atoms with Gasteiger partial charge in [0.15, 0.2) is 5.82 Å². The highest BCUT2D eigenvalue weighted by Gasteiger charge is 2.29. The molecule has 1 fully saturated rings. The Hall–Kier alpha value is -1.40. The summed E-state index contributed by atoms with van der Waals surface area (Å²) in [6.45, 7) is 8.08. The van der Waals surface area contributed by atoms with Crippen molar-refractivity contribution in [2.45, 2.75) is 51.9 Å². The molecule has 2 N–H and O–H groups in total. The lowest BCUT2D eigenvalue weighted by Crippen LogP contribution is -2.40. The van der Waals surface area contributed by atoms with Crippen LogP contribution >= 0.6 is 0 Å². The van der Waals surface area contributed by atoms with E-state index in [1.54, 1.807) is 0 Å². The molecule has 0 spiro atoms. The molecule has 0 radical (unpaired) electrons. The first-order valence-electron chi connectivity index (χ1n) is 7.56. The Morgan fingerprint density at radius 1 is 1.38 bits per heavy atom. The van der Waals surface area contributed by atoms with Crippen LogP contribution in [0.25, 0.3) is 0 Å². The van der Waals surface area contributed by atoms with Crippen LogP contribution in [0.15, 0.2) is 6.07 Å². The number of hydrogen-bond acceptors (Lipinski definition) is 6. The minimum atomic E-state index is -0.0804. The van der Waals surface area contributed by atoms with Crippen molar-refractivity contribution in [3.05, 3.63) is 11.9 Å². The zero-order valence-electron chi connectivity index (χ0n) is 13.4. The lowest BCUT2D eigenvalue weighted by Gasteiger charge is -2.36. The van der Waals surface area contributed by atoms with E-state index < -0.39 is 0 Å². The fourth-order valence-corrected chi connectivity index (χ4v) is 2.52. The number of ether oxygens (including phenoxy) is 2. The molecule has 118 valence electrons. The molecule has 0 bridgehead atoms. The molecule has 21 heavy (non-hydrogen) atoms. The van der Waals surface area contributed by atoms with E-state index in [1.165, 1.54) is 0 Å². The lowest BCUT2D eigenvalue weighted by molar-refractivity contribution is -0.0553. The largest absolute Gasteiger partial charge is 0.375 e. The molecule has 1 aromatic heterocycles. The highest BCUT2D eigenvalue weighted by Crippen LogP contribution is 2.26. The summed E-state index contributed by atoms with van der Waals surface area (Å²) in [6, 6.07) is 2.30. The monoisotopic (exact) mass is 294 g/mol. The Labute approximate surface area is 126 Å². The van der Waals surface area contributed by atoms with Crippen molar-refractivity contribution in [3.63, 3.8) is 0 Å².